The molecule has 0 saturated heterocycles. The first-order chi connectivity index (χ1) is 10.1. The number of hydrogen-bond acceptors (Lipinski definition) is 2. The number of hydrogen-bond donors (Lipinski definition) is 0. The summed E-state index contributed by atoms with van der Waals surface area (Å²) in [4.78, 5) is 0. The van der Waals surface area contributed by atoms with E-state index in [0.717, 1.165) is 18.6 Å². The Morgan fingerprint density at radius 2 is 1.62 bits per heavy atom. The van der Waals surface area contributed by atoms with Crippen LogP contribution in [0.25, 0.3) is 0 Å². The maximum Gasteiger partial charge on any atom is 0.249 e. The van der Waals surface area contributed by atoms with E-state index in [9.17, 15) is 0 Å². The Balaban J connectivity index is 2.51. The fraction of sp³-hybridized carbons (Fsp3) is 0.556. The van der Waals surface area contributed by atoms with Crippen molar-refractivity contribution in [3.63, 3.8) is 0 Å². The molecule has 0 heterocycles. The van der Waals surface area contributed by atoms with Gasteiger partial charge in [-0.1, -0.05) is 32.9 Å². The summed E-state index contributed by atoms with van der Waals surface area (Å²) in [7, 11) is 0.205. The minimum absolute atomic E-state index is 0.916. The smallest absolute Gasteiger partial charge is 0.249 e. The Bertz CT molecular complexity index is 425. The molecule has 1 aromatic rings. The number of aryl methyl sites for hydroxylation is 1. The summed E-state index contributed by atoms with van der Waals surface area (Å²) < 4.78 is 11.4. The van der Waals surface area contributed by atoms with Gasteiger partial charge >= 0.3 is 0 Å². The Labute approximate surface area is 131 Å². The van der Waals surface area contributed by atoms with Crippen LogP contribution < -0.4 is 4.74 Å². The Kier molecular flexibility index (Phi) is 7.58. The number of rotatable bonds is 9. The topological polar surface area (TPSA) is 18.5 Å². The van der Waals surface area contributed by atoms with E-state index < -0.39 is 8.32 Å². The highest BCUT2D eigenvalue weighted by Crippen LogP contribution is 2.23. The number of benzene rings is 1. The normalized spacial score (nSPS) is 12.3. The molecule has 0 fully saturated rings. The van der Waals surface area contributed by atoms with E-state index >= 15 is 0 Å². The third kappa shape index (κ3) is 5.58. The van der Waals surface area contributed by atoms with Crippen molar-refractivity contribution in [2.45, 2.75) is 58.7 Å². The van der Waals surface area contributed by atoms with Gasteiger partial charge in [0, 0.05) is 0 Å². The predicted molar refractivity (Wildman–Crippen MR) is 93.4 cm³/mol. The molecule has 0 unspecified atom stereocenters. The molecule has 0 saturated carbocycles. The Morgan fingerprint density at radius 3 is 2.10 bits per heavy atom. The standard InChI is InChI=1S/C18H30O2Si/c1-6-21(7-2,8-3)20-15-16(4)9-10-17-11-13-18(19-5)14-12-17/h11-15H,6-10H2,1-5H3/b16-15+. The average Bonchev–Trinajstić information content (AvgIpc) is 2.55. The van der Waals surface area contributed by atoms with Gasteiger partial charge in [-0.05, 0) is 61.2 Å². The molecule has 0 radical (unpaired) electrons. The lowest BCUT2D eigenvalue weighted by Crippen LogP contribution is -2.33. The molecule has 0 atom stereocenters. The quantitative estimate of drug-likeness (QED) is 0.439. The summed E-state index contributed by atoms with van der Waals surface area (Å²) in [6, 6.07) is 11.9. The third-order valence-corrected chi connectivity index (χ3v) is 8.89. The van der Waals surface area contributed by atoms with Crippen molar-refractivity contribution in [2.24, 2.45) is 0 Å². The Morgan fingerprint density at radius 1 is 1.05 bits per heavy atom. The lowest BCUT2D eigenvalue weighted by molar-refractivity contribution is 0.414. The van der Waals surface area contributed by atoms with Gasteiger partial charge in [-0.2, -0.15) is 0 Å². The zero-order valence-electron chi connectivity index (χ0n) is 14.2. The van der Waals surface area contributed by atoms with E-state index in [1.54, 1.807) is 7.11 Å². The fourth-order valence-corrected chi connectivity index (χ4v) is 4.87. The van der Waals surface area contributed by atoms with Gasteiger partial charge in [-0.15, -0.1) is 0 Å². The molecule has 0 amide bonds. The van der Waals surface area contributed by atoms with Gasteiger partial charge in [0.25, 0.3) is 0 Å². The molecule has 0 N–H and O–H groups in total. The van der Waals surface area contributed by atoms with Crippen LogP contribution in [0.4, 0.5) is 0 Å². The highest BCUT2D eigenvalue weighted by Gasteiger charge is 2.29. The van der Waals surface area contributed by atoms with Crippen LogP contribution in [-0.4, -0.2) is 15.4 Å². The van der Waals surface area contributed by atoms with Crippen molar-refractivity contribution in [1.82, 2.24) is 0 Å². The van der Waals surface area contributed by atoms with Gasteiger partial charge in [0.05, 0.1) is 13.4 Å². The molecule has 1 aromatic carbocycles. The second-order valence-electron chi connectivity index (χ2n) is 5.67. The Hall–Kier alpha value is -1.22. The zero-order chi connectivity index (χ0) is 15.7. The van der Waals surface area contributed by atoms with Gasteiger partial charge in [-0.3, -0.25) is 0 Å². The lowest BCUT2D eigenvalue weighted by atomic mass is 10.1. The van der Waals surface area contributed by atoms with E-state index in [1.807, 2.05) is 18.4 Å². The van der Waals surface area contributed by atoms with E-state index in [-0.39, 0.29) is 0 Å². The van der Waals surface area contributed by atoms with E-state index in [1.165, 1.54) is 29.3 Å². The number of methoxy groups -OCH3 is 1. The molecule has 118 valence electrons. The minimum Gasteiger partial charge on any atom is -0.549 e. The van der Waals surface area contributed by atoms with Crippen LogP contribution in [0.3, 0.4) is 0 Å². The molecule has 3 heteroatoms. The lowest BCUT2D eigenvalue weighted by Gasteiger charge is -2.27. The highest BCUT2D eigenvalue weighted by atomic mass is 28.4. The molecule has 0 aliphatic rings. The van der Waals surface area contributed by atoms with Crippen molar-refractivity contribution in [2.75, 3.05) is 7.11 Å². The SMILES string of the molecule is CC[Si](CC)(CC)O/C=C(\C)CCc1ccc(OC)cc1. The largest absolute Gasteiger partial charge is 0.549 e. The first-order valence-electron chi connectivity index (χ1n) is 8.05. The molecular formula is C18H30O2Si. The van der Waals surface area contributed by atoms with Gasteiger partial charge in [-0.25, -0.2) is 0 Å². The van der Waals surface area contributed by atoms with Crippen LogP contribution >= 0.6 is 0 Å². The van der Waals surface area contributed by atoms with Gasteiger partial charge < -0.3 is 9.16 Å². The van der Waals surface area contributed by atoms with Gasteiger partial charge in [0.2, 0.25) is 8.32 Å². The van der Waals surface area contributed by atoms with Crippen LogP contribution in [-0.2, 0) is 10.8 Å². The first-order valence-corrected chi connectivity index (χ1v) is 10.6. The van der Waals surface area contributed by atoms with E-state index in [2.05, 4.69) is 39.8 Å². The summed E-state index contributed by atoms with van der Waals surface area (Å²) in [5.74, 6) is 0.916. The number of ether oxygens (including phenoxy) is 1. The molecule has 0 aliphatic heterocycles. The molecule has 0 aliphatic carbocycles. The molecule has 0 spiro atoms. The minimum atomic E-state index is -1.49. The fourth-order valence-electron chi connectivity index (χ4n) is 2.42. The number of allylic oxidation sites excluding steroid dienone is 1. The monoisotopic (exact) mass is 306 g/mol. The summed E-state index contributed by atoms with van der Waals surface area (Å²) in [6.45, 7) is 8.96. The van der Waals surface area contributed by atoms with Crippen LogP contribution in [0.1, 0.15) is 39.7 Å². The van der Waals surface area contributed by atoms with Gasteiger partial charge in [0.1, 0.15) is 5.75 Å². The maximum atomic E-state index is 6.22. The maximum absolute atomic E-state index is 6.22. The molecule has 21 heavy (non-hydrogen) atoms. The first kappa shape index (κ1) is 17.8. The average molecular weight is 307 g/mol. The van der Waals surface area contributed by atoms with Crippen molar-refractivity contribution < 1.29 is 9.16 Å². The second-order valence-corrected chi connectivity index (χ2v) is 10.4. The summed E-state index contributed by atoms with van der Waals surface area (Å²) in [5, 5.41) is 0. The molecule has 2 nitrogen and oxygen atoms in total. The third-order valence-electron chi connectivity index (χ3n) is 4.41. The summed E-state index contributed by atoms with van der Waals surface area (Å²) >= 11 is 0. The molecular weight excluding hydrogens is 276 g/mol. The van der Waals surface area contributed by atoms with Crippen molar-refractivity contribution >= 4 is 8.32 Å². The van der Waals surface area contributed by atoms with E-state index in [4.69, 9.17) is 9.16 Å². The summed E-state index contributed by atoms with van der Waals surface area (Å²) in [5.41, 5.74) is 2.67. The summed E-state index contributed by atoms with van der Waals surface area (Å²) in [6.07, 6.45) is 4.13. The second kappa shape index (κ2) is 8.93. The molecule has 0 aromatic heterocycles. The van der Waals surface area contributed by atoms with Crippen LogP contribution in [0.2, 0.25) is 18.1 Å². The van der Waals surface area contributed by atoms with Crippen LogP contribution in [0.5, 0.6) is 5.75 Å². The van der Waals surface area contributed by atoms with Crippen LogP contribution in [0, 0.1) is 0 Å². The highest BCUT2D eigenvalue weighted by molar-refractivity contribution is 6.73. The van der Waals surface area contributed by atoms with Crippen molar-refractivity contribution in [3.05, 3.63) is 41.7 Å². The van der Waals surface area contributed by atoms with E-state index in [0.29, 0.717) is 0 Å². The predicted octanol–water partition coefficient (Wildman–Crippen LogP) is 5.55. The molecule has 0 bridgehead atoms. The van der Waals surface area contributed by atoms with Crippen molar-refractivity contribution in [1.29, 1.82) is 0 Å². The zero-order valence-corrected chi connectivity index (χ0v) is 15.2. The van der Waals surface area contributed by atoms with Gasteiger partial charge in [0.15, 0.2) is 0 Å². The van der Waals surface area contributed by atoms with Crippen molar-refractivity contribution in [3.8, 4) is 5.75 Å². The van der Waals surface area contributed by atoms with Crippen LogP contribution in [0.15, 0.2) is 36.1 Å². The molecule has 1 rings (SSSR count).